The minimum atomic E-state index is 0.729. The van der Waals surface area contributed by atoms with Gasteiger partial charge in [0, 0.05) is 17.8 Å². The second-order valence-electron chi connectivity index (χ2n) is 9.56. The molecule has 0 saturated heterocycles. The second kappa shape index (κ2) is 11.2. The molecular weight excluding hydrogens is 326 g/mol. The van der Waals surface area contributed by atoms with Gasteiger partial charge in [-0.25, -0.2) is 0 Å². The van der Waals surface area contributed by atoms with Gasteiger partial charge in [0.2, 0.25) is 0 Å². The second-order valence-corrected chi connectivity index (χ2v) is 9.56. The zero-order valence-electron chi connectivity index (χ0n) is 18.1. The van der Waals surface area contributed by atoms with Gasteiger partial charge in [0.05, 0.1) is 0 Å². The Morgan fingerprint density at radius 1 is 0.778 bits per heavy atom. The molecule has 0 aromatic carbocycles. The first-order valence-corrected chi connectivity index (χ1v) is 12.2. The van der Waals surface area contributed by atoms with Crippen LogP contribution in [0.4, 0.5) is 0 Å². The third-order valence-electron chi connectivity index (χ3n) is 7.74. The summed E-state index contributed by atoms with van der Waals surface area (Å²) in [6.07, 6.45) is 23.3. The average molecular weight is 370 g/mol. The van der Waals surface area contributed by atoms with Gasteiger partial charge in [-0.05, 0) is 80.8 Å². The summed E-state index contributed by atoms with van der Waals surface area (Å²) in [5.41, 5.74) is 2.81. The number of nitrogens with zero attached hydrogens (tertiary/aromatic N) is 1. The summed E-state index contributed by atoms with van der Waals surface area (Å²) in [5, 5.41) is 0. The third-order valence-corrected chi connectivity index (χ3v) is 7.74. The molecule has 0 radical (unpaired) electrons. The van der Waals surface area contributed by atoms with Crippen molar-refractivity contribution in [1.29, 1.82) is 0 Å². The summed E-state index contributed by atoms with van der Waals surface area (Å²) >= 11 is 0. The predicted octanol–water partition coefficient (Wildman–Crippen LogP) is 8.08. The van der Waals surface area contributed by atoms with E-state index < -0.39 is 0 Å². The Morgan fingerprint density at radius 2 is 1.44 bits per heavy atom. The van der Waals surface area contributed by atoms with Gasteiger partial charge in [0.15, 0.2) is 0 Å². The number of rotatable bonds is 9. The van der Waals surface area contributed by atoms with Crippen molar-refractivity contribution in [2.24, 2.45) is 17.8 Å². The summed E-state index contributed by atoms with van der Waals surface area (Å²) in [6.45, 7) is 4.66. The number of hydrogen-bond acceptors (Lipinski definition) is 1. The van der Waals surface area contributed by atoms with Crippen LogP contribution in [-0.2, 0) is 6.42 Å². The maximum atomic E-state index is 4.88. The first kappa shape index (κ1) is 20.9. The van der Waals surface area contributed by atoms with Crippen molar-refractivity contribution in [2.45, 2.75) is 116 Å². The molecule has 2 fully saturated rings. The highest BCUT2D eigenvalue weighted by atomic mass is 14.7. The van der Waals surface area contributed by atoms with Crippen LogP contribution < -0.4 is 0 Å². The van der Waals surface area contributed by atoms with Crippen LogP contribution in [0.2, 0.25) is 0 Å². The number of aromatic nitrogens is 1. The highest BCUT2D eigenvalue weighted by molar-refractivity contribution is 5.17. The fourth-order valence-electron chi connectivity index (χ4n) is 5.71. The molecule has 1 nitrogen and oxygen atoms in total. The first-order chi connectivity index (χ1) is 13.3. The molecule has 1 heteroatoms. The van der Waals surface area contributed by atoms with Gasteiger partial charge in [-0.3, -0.25) is 4.98 Å². The molecule has 1 aromatic heterocycles. The number of pyridine rings is 1. The van der Waals surface area contributed by atoms with E-state index in [0.717, 1.165) is 23.7 Å². The van der Waals surface area contributed by atoms with E-state index in [1.165, 1.54) is 108 Å². The summed E-state index contributed by atoms with van der Waals surface area (Å²) in [5.74, 6) is 3.82. The highest BCUT2D eigenvalue weighted by Crippen LogP contribution is 2.43. The molecule has 27 heavy (non-hydrogen) atoms. The lowest BCUT2D eigenvalue weighted by Crippen LogP contribution is -2.25. The molecule has 1 heterocycles. The normalized spacial score (nSPS) is 29.0. The van der Waals surface area contributed by atoms with E-state index in [2.05, 4.69) is 32.2 Å². The van der Waals surface area contributed by atoms with Crippen LogP contribution in [0.15, 0.2) is 18.3 Å². The SMILES string of the molecule is CCCCCCCc1ccc(C2CCC(C3CCC(CC)CC3)CC2)nc1. The van der Waals surface area contributed by atoms with E-state index in [9.17, 15) is 0 Å². The van der Waals surface area contributed by atoms with Gasteiger partial charge in [0.1, 0.15) is 0 Å². The van der Waals surface area contributed by atoms with Crippen LogP contribution in [0, 0.1) is 17.8 Å². The van der Waals surface area contributed by atoms with Crippen molar-refractivity contribution < 1.29 is 0 Å². The van der Waals surface area contributed by atoms with Gasteiger partial charge < -0.3 is 0 Å². The largest absolute Gasteiger partial charge is 0.261 e. The molecule has 0 unspecified atom stereocenters. The van der Waals surface area contributed by atoms with Crippen molar-refractivity contribution >= 4 is 0 Å². The Kier molecular flexibility index (Phi) is 8.68. The summed E-state index contributed by atoms with van der Waals surface area (Å²) in [7, 11) is 0. The zero-order valence-corrected chi connectivity index (χ0v) is 18.1. The topological polar surface area (TPSA) is 12.9 Å². The highest BCUT2D eigenvalue weighted by Gasteiger charge is 2.31. The lowest BCUT2D eigenvalue weighted by molar-refractivity contribution is 0.158. The molecule has 0 N–H and O–H groups in total. The average Bonchev–Trinajstić information content (AvgIpc) is 2.74. The minimum Gasteiger partial charge on any atom is -0.261 e. The van der Waals surface area contributed by atoms with Crippen molar-refractivity contribution in [3.63, 3.8) is 0 Å². The van der Waals surface area contributed by atoms with Crippen LogP contribution in [0.1, 0.15) is 121 Å². The Bertz CT molecular complexity index is 504. The number of aryl methyl sites for hydroxylation is 1. The third kappa shape index (κ3) is 6.33. The van der Waals surface area contributed by atoms with Crippen molar-refractivity contribution in [1.82, 2.24) is 4.98 Å². The van der Waals surface area contributed by atoms with E-state index in [4.69, 9.17) is 4.98 Å². The zero-order chi connectivity index (χ0) is 18.9. The number of hydrogen-bond donors (Lipinski definition) is 0. The smallest absolute Gasteiger partial charge is 0.0434 e. The lowest BCUT2D eigenvalue weighted by Gasteiger charge is -2.37. The predicted molar refractivity (Wildman–Crippen MR) is 117 cm³/mol. The van der Waals surface area contributed by atoms with E-state index in [-0.39, 0.29) is 0 Å². The Balaban J connectivity index is 1.39. The molecule has 2 aliphatic rings. The molecule has 0 amide bonds. The standard InChI is InChI=1S/C26H43N/c1-3-5-6-7-8-9-22-12-19-26(27-20-22)25-17-15-24(16-18-25)23-13-10-21(4-2)11-14-23/h12,19-21,23-25H,3-11,13-18H2,1-2H3. The molecule has 152 valence electrons. The van der Waals surface area contributed by atoms with Gasteiger partial charge in [-0.2, -0.15) is 0 Å². The summed E-state index contributed by atoms with van der Waals surface area (Å²) < 4.78 is 0. The van der Waals surface area contributed by atoms with Gasteiger partial charge >= 0.3 is 0 Å². The monoisotopic (exact) mass is 369 g/mol. The molecule has 3 rings (SSSR count). The quantitative estimate of drug-likeness (QED) is 0.401. The fourth-order valence-corrected chi connectivity index (χ4v) is 5.71. The minimum absolute atomic E-state index is 0.729. The number of unbranched alkanes of at least 4 members (excludes halogenated alkanes) is 4. The van der Waals surface area contributed by atoms with Crippen molar-refractivity contribution in [3.8, 4) is 0 Å². The van der Waals surface area contributed by atoms with Crippen LogP contribution in [0.3, 0.4) is 0 Å². The van der Waals surface area contributed by atoms with Crippen LogP contribution in [-0.4, -0.2) is 4.98 Å². The van der Waals surface area contributed by atoms with Crippen molar-refractivity contribution in [3.05, 3.63) is 29.6 Å². The van der Waals surface area contributed by atoms with Crippen LogP contribution in [0.5, 0.6) is 0 Å². The van der Waals surface area contributed by atoms with E-state index in [1.54, 1.807) is 0 Å². The molecule has 1 aromatic rings. The molecule has 0 bridgehead atoms. The molecular formula is C26H43N. The first-order valence-electron chi connectivity index (χ1n) is 12.2. The summed E-state index contributed by atoms with van der Waals surface area (Å²) in [6, 6.07) is 4.71. The Labute approximate surface area is 168 Å². The molecule has 0 aliphatic heterocycles. The maximum Gasteiger partial charge on any atom is 0.0434 e. The van der Waals surface area contributed by atoms with E-state index in [0.29, 0.717) is 0 Å². The molecule has 0 spiro atoms. The van der Waals surface area contributed by atoms with Crippen molar-refractivity contribution in [2.75, 3.05) is 0 Å². The van der Waals surface area contributed by atoms with Gasteiger partial charge in [-0.1, -0.05) is 64.9 Å². The van der Waals surface area contributed by atoms with E-state index >= 15 is 0 Å². The lowest BCUT2D eigenvalue weighted by atomic mass is 9.68. The van der Waals surface area contributed by atoms with Gasteiger partial charge in [0.25, 0.3) is 0 Å². The van der Waals surface area contributed by atoms with Crippen LogP contribution >= 0.6 is 0 Å². The Hall–Kier alpha value is -0.850. The van der Waals surface area contributed by atoms with Gasteiger partial charge in [-0.15, -0.1) is 0 Å². The molecule has 2 saturated carbocycles. The fraction of sp³-hybridized carbons (Fsp3) is 0.808. The maximum absolute atomic E-state index is 4.88. The Morgan fingerprint density at radius 3 is 2.04 bits per heavy atom. The van der Waals surface area contributed by atoms with E-state index in [1.807, 2.05) is 0 Å². The molecule has 2 aliphatic carbocycles. The summed E-state index contributed by atoms with van der Waals surface area (Å²) in [4.78, 5) is 4.88. The molecule has 0 atom stereocenters. The van der Waals surface area contributed by atoms with Crippen LogP contribution in [0.25, 0.3) is 0 Å².